The number of hydrogen-bond donors (Lipinski definition) is 0. The number of piperazine rings is 1. The van der Waals surface area contributed by atoms with Crippen LogP contribution in [0.2, 0.25) is 5.15 Å². The van der Waals surface area contributed by atoms with Crippen molar-refractivity contribution in [1.82, 2.24) is 18.8 Å². The molecule has 0 bridgehead atoms. The summed E-state index contributed by atoms with van der Waals surface area (Å²) in [5.41, 5.74) is 3.40. The van der Waals surface area contributed by atoms with Crippen LogP contribution >= 0.6 is 11.6 Å². The molecule has 0 N–H and O–H groups in total. The van der Waals surface area contributed by atoms with Crippen LogP contribution in [-0.2, 0) is 14.8 Å². The SMILES string of the molecule is Cc1ccc(S(=O)(=O)n2c(-c3ccc(N4CCN([B]C=O)CC4)cc3)cc3c(Cl)ncnc32)cc1. The van der Waals surface area contributed by atoms with E-state index in [0.717, 1.165) is 43.6 Å². The highest BCUT2D eigenvalue weighted by Gasteiger charge is 2.26. The zero-order valence-electron chi connectivity index (χ0n) is 19.0. The fourth-order valence-corrected chi connectivity index (χ4v) is 5.94. The van der Waals surface area contributed by atoms with Crippen molar-refractivity contribution >= 4 is 51.9 Å². The van der Waals surface area contributed by atoms with E-state index in [2.05, 4.69) is 14.9 Å². The van der Waals surface area contributed by atoms with E-state index >= 15 is 0 Å². The highest BCUT2D eigenvalue weighted by atomic mass is 35.5. The zero-order chi connectivity index (χ0) is 24.6. The topological polar surface area (TPSA) is 88.4 Å². The summed E-state index contributed by atoms with van der Waals surface area (Å²) in [5.74, 6) is 0. The van der Waals surface area contributed by atoms with Crippen LogP contribution in [0.4, 0.5) is 5.69 Å². The first kappa shape index (κ1) is 23.5. The van der Waals surface area contributed by atoms with Crippen molar-refractivity contribution in [2.24, 2.45) is 0 Å². The van der Waals surface area contributed by atoms with Crippen LogP contribution in [0.5, 0.6) is 0 Å². The summed E-state index contributed by atoms with van der Waals surface area (Å²) >= 11 is 6.31. The number of aryl methyl sites for hydroxylation is 1. The van der Waals surface area contributed by atoms with E-state index in [9.17, 15) is 13.2 Å². The fraction of sp³-hybridized carbons (Fsp3) is 0.208. The van der Waals surface area contributed by atoms with Gasteiger partial charge in [0.15, 0.2) is 5.65 Å². The Morgan fingerprint density at radius 1 is 0.971 bits per heavy atom. The molecule has 0 spiro atoms. The molecule has 1 aliphatic rings. The summed E-state index contributed by atoms with van der Waals surface area (Å²) in [6, 6.07) is 16.2. The smallest absolute Gasteiger partial charge is 0.293 e. The molecule has 35 heavy (non-hydrogen) atoms. The van der Waals surface area contributed by atoms with Crippen molar-refractivity contribution in [3.05, 3.63) is 71.6 Å². The van der Waals surface area contributed by atoms with Gasteiger partial charge in [-0.05, 0) is 42.8 Å². The summed E-state index contributed by atoms with van der Waals surface area (Å²) in [4.78, 5) is 23.4. The highest BCUT2D eigenvalue weighted by Crippen LogP contribution is 2.34. The van der Waals surface area contributed by atoms with Gasteiger partial charge in [0.25, 0.3) is 17.4 Å². The Morgan fingerprint density at radius 2 is 1.66 bits per heavy atom. The van der Waals surface area contributed by atoms with Crippen LogP contribution in [0.1, 0.15) is 5.56 Å². The maximum Gasteiger partial charge on any atom is 0.293 e. The highest BCUT2D eigenvalue weighted by molar-refractivity contribution is 7.90. The number of hydrogen-bond acceptors (Lipinski definition) is 7. The number of halogens is 1. The number of anilines is 1. The molecule has 4 aromatic rings. The van der Waals surface area contributed by atoms with Crippen molar-refractivity contribution < 1.29 is 13.2 Å². The Balaban J connectivity index is 1.55. The van der Waals surface area contributed by atoms with Gasteiger partial charge in [0.1, 0.15) is 11.5 Å². The van der Waals surface area contributed by atoms with Crippen LogP contribution in [0.3, 0.4) is 0 Å². The molecule has 3 heterocycles. The second-order valence-corrected chi connectivity index (χ2v) is 10.5. The normalized spacial score (nSPS) is 14.9. The summed E-state index contributed by atoms with van der Waals surface area (Å²) in [5, 5.41) is 0.655. The van der Waals surface area contributed by atoms with Gasteiger partial charge in [-0.25, -0.2) is 22.4 Å². The average Bonchev–Trinajstić information content (AvgIpc) is 3.27. The zero-order valence-corrected chi connectivity index (χ0v) is 20.6. The van der Waals surface area contributed by atoms with E-state index in [-0.39, 0.29) is 15.7 Å². The molecule has 0 atom stereocenters. The first-order valence-electron chi connectivity index (χ1n) is 11.1. The molecule has 1 aliphatic heterocycles. The van der Waals surface area contributed by atoms with E-state index in [4.69, 9.17) is 11.6 Å². The second kappa shape index (κ2) is 9.45. The fourth-order valence-electron chi connectivity index (χ4n) is 4.28. The van der Waals surface area contributed by atoms with Crippen LogP contribution in [0.25, 0.3) is 22.3 Å². The number of fused-ring (bicyclic) bond motifs is 1. The molecule has 0 aliphatic carbocycles. The van der Waals surface area contributed by atoms with Gasteiger partial charge >= 0.3 is 0 Å². The Hall–Kier alpha value is -3.21. The quantitative estimate of drug-likeness (QED) is 0.225. The van der Waals surface area contributed by atoms with Gasteiger partial charge in [-0.2, -0.15) is 0 Å². The lowest BCUT2D eigenvalue weighted by molar-refractivity contribution is 0.409. The van der Waals surface area contributed by atoms with Crippen molar-refractivity contribution in [2.75, 3.05) is 31.1 Å². The Bertz CT molecular complexity index is 1480. The molecule has 1 fully saturated rings. The van der Waals surface area contributed by atoms with Crippen molar-refractivity contribution in [2.45, 2.75) is 11.8 Å². The van der Waals surface area contributed by atoms with E-state index in [1.165, 1.54) is 10.3 Å². The lowest BCUT2D eigenvalue weighted by Gasteiger charge is -2.35. The molecule has 177 valence electrons. The largest absolute Gasteiger partial charge is 0.369 e. The minimum atomic E-state index is -3.96. The molecule has 2 aromatic carbocycles. The molecule has 1 saturated heterocycles. The molecule has 1 radical (unpaired) electrons. The molecular weight excluding hydrogens is 485 g/mol. The van der Waals surface area contributed by atoms with Crippen LogP contribution in [0.15, 0.2) is 65.8 Å². The predicted molar refractivity (Wildman–Crippen MR) is 138 cm³/mol. The minimum Gasteiger partial charge on any atom is -0.369 e. The van der Waals surface area contributed by atoms with Gasteiger partial charge in [0.05, 0.1) is 22.2 Å². The molecule has 0 amide bonds. The number of carbonyl (C=O) groups excluding carboxylic acids is 1. The standard InChI is InChI=1S/C24H22BClN5O3S/c1-17-2-8-20(9-3-17)35(33,34)31-22(14-21-23(26)27-16-28-24(21)31)18-4-6-19(7-5-18)29-10-12-30(13-11-29)25-15-32/h2-9,14-16H,10-13H2,1H3. The number of carbonyl (C=O) groups is 1. The summed E-state index contributed by atoms with van der Waals surface area (Å²) < 4.78 is 28.7. The van der Waals surface area contributed by atoms with E-state index in [0.29, 0.717) is 16.6 Å². The molecular formula is C24H22BClN5O3S. The summed E-state index contributed by atoms with van der Waals surface area (Å²) in [7, 11) is -2.39. The molecule has 8 nitrogen and oxygen atoms in total. The number of rotatable bonds is 6. The molecule has 11 heteroatoms. The van der Waals surface area contributed by atoms with Gasteiger partial charge in [0, 0.05) is 31.9 Å². The average molecular weight is 507 g/mol. The number of benzene rings is 2. The van der Waals surface area contributed by atoms with Gasteiger partial charge in [-0.1, -0.05) is 41.4 Å². The number of nitrogens with zero attached hydrogens (tertiary/aromatic N) is 5. The van der Waals surface area contributed by atoms with Crippen LogP contribution in [0, 0.1) is 6.92 Å². The van der Waals surface area contributed by atoms with Crippen molar-refractivity contribution in [3.63, 3.8) is 0 Å². The number of aromatic nitrogens is 3. The molecule has 0 saturated carbocycles. The summed E-state index contributed by atoms with van der Waals surface area (Å²) in [6.45, 7) is 5.01. The monoisotopic (exact) mass is 506 g/mol. The van der Waals surface area contributed by atoms with Crippen LogP contribution in [-0.4, -0.2) is 66.9 Å². The van der Waals surface area contributed by atoms with Gasteiger partial charge in [-0.15, -0.1) is 0 Å². The third-order valence-corrected chi connectivity index (χ3v) is 8.20. The van der Waals surface area contributed by atoms with Gasteiger partial charge in [-0.3, -0.25) is 0 Å². The van der Waals surface area contributed by atoms with E-state index < -0.39 is 10.0 Å². The Morgan fingerprint density at radius 3 is 2.31 bits per heavy atom. The Labute approximate surface area is 209 Å². The van der Waals surface area contributed by atoms with Gasteiger partial charge < -0.3 is 14.5 Å². The lowest BCUT2D eigenvalue weighted by atomic mass is 9.93. The van der Waals surface area contributed by atoms with Crippen LogP contribution < -0.4 is 4.90 Å². The first-order chi connectivity index (χ1) is 16.9. The first-order valence-corrected chi connectivity index (χ1v) is 12.9. The van der Waals surface area contributed by atoms with Crippen molar-refractivity contribution in [1.29, 1.82) is 0 Å². The molecule has 2 aromatic heterocycles. The maximum atomic E-state index is 13.7. The maximum absolute atomic E-state index is 13.7. The predicted octanol–water partition coefficient (Wildman–Crippen LogP) is 3.23. The molecule has 0 unspecified atom stereocenters. The lowest BCUT2D eigenvalue weighted by Crippen LogP contribution is -2.48. The minimum absolute atomic E-state index is 0.165. The second-order valence-electron chi connectivity index (χ2n) is 8.37. The van der Waals surface area contributed by atoms with E-state index in [1.807, 2.05) is 36.0 Å². The third kappa shape index (κ3) is 4.44. The van der Waals surface area contributed by atoms with E-state index in [1.54, 1.807) is 37.7 Å². The third-order valence-electron chi connectivity index (χ3n) is 6.18. The van der Waals surface area contributed by atoms with Gasteiger partial charge in [0.2, 0.25) is 0 Å². The summed E-state index contributed by atoms with van der Waals surface area (Å²) in [6.07, 6.45) is 2.07. The Kier molecular flexibility index (Phi) is 6.35. The molecule has 5 rings (SSSR count). The van der Waals surface area contributed by atoms with Crippen molar-refractivity contribution in [3.8, 4) is 11.3 Å².